The van der Waals surface area contributed by atoms with Gasteiger partial charge in [0.05, 0.1) is 6.61 Å². The van der Waals surface area contributed by atoms with Crippen LogP contribution in [0.3, 0.4) is 0 Å². The summed E-state index contributed by atoms with van der Waals surface area (Å²) in [5, 5.41) is 8.38. The molecule has 0 rings (SSSR count). The predicted octanol–water partition coefficient (Wildman–Crippen LogP) is -1.34. The summed E-state index contributed by atoms with van der Waals surface area (Å²) in [7, 11) is -4.55. The highest BCUT2D eigenvalue weighted by Crippen LogP contribution is 2.35. The number of aliphatic hydroxyl groups excluding tert-OH is 1. The average Bonchev–Trinajstić information content (AvgIpc) is 1.81. The van der Waals surface area contributed by atoms with Crippen molar-refractivity contribution in [3.05, 3.63) is 0 Å². The van der Waals surface area contributed by atoms with E-state index in [1.54, 1.807) is 0 Å². The zero-order valence-corrected chi connectivity index (χ0v) is 5.77. The molecule has 0 bridgehead atoms. The molecule has 0 fully saturated rings. The van der Waals surface area contributed by atoms with E-state index in [4.69, 9.17) is 14.9 Å². The van der Waals surface area contributed by atoms with Gasteiger partial charge in [-0.05, 0) is 0 Å². The number of carbonyl (C=O) groups excluding carboxylic acids is 1. The molecule has 6 nitrogen and oxygen atoms in total. The Bertz CT molecular complexity index is 149. The van der Waals surface area contributed by atoms with E-state index < -0.39 is 20.5 Å². The quantitative estimate of drug-likeness (QED) is 0.274. The molecular weight excluding hydrogens is 164 g/mol. The molecular formula is C3H7O6P. The van der Waals surface area contributed by atoms with Crippen LogP contribution >= 0.6 is 7.82 Å². The van der Waals surface area contributed by atoms with Gasteiger partial charge >= 0.3 is 7.82 Å². The van der Waals surface area contributed by atoms with Crippen molar-refractivity contribution in [1.82, 2.24) is 0 Å². The van der Waals surface area contributed by atoms with Gasteiger partial charge in [0.1, 0.15) is 6.10 Å². The molecule has 0 aromatic heterocycles. The molecule has 0 aliphatic rings. The van der Waals surface area contributed by atoms with Gasteiger partial charge in [-0.1, -0.05) is 0 Å². The van der Waals surface area contributed by atoms with Gasteiger partial charge in [0.15, 0.2) is 6.29 Å². The highest BCUT2D eigenvalue weighted by Gasteiger charge is 2.15. The van der Waals surface area contributed by atoms with Crippen molar-refractivity contribution in [3.8, 4) is 0 Å². The van der Waals surface area contributed by atoms with Crippen LogP contribution in [-0.4, -0.2) is 33.9 Å². The minimum absolute atomic E-state index is 0.121. The zero-order chi connectivity index (χ0) is 8.20. The summed E-state index contributed by atoms with van der Waals surface area (Å²) >= 11 is 0. The largest absolute Gasteiger partial charge is 0.469 e. The Kier molecular flexibility index (Phi) is 3.70. The molecule has 0 aliphatic heterocycles. The Hall–Kier alpha value is -0.260. The van der Waals surface area contributed by atoms with Gasteiger partial charge in [-0.25, -0.2) is 4.57 Å². The summed E-state index contributed by atoms with van der Waals surface area (Å²) in [4.78, 5) is 25.7. The van der Waals surface area contributed by atoms with Crippen molar-refractivity contribution in [3.63, 3.8) is 0 Å². The first-order valence-corrected chi connectivity index (χ1v) is 3.82. The number of rotatable bonds is 4. The summed E-state index contributed by atoms with van der Waals surface area (Å²) in [6, 6.07) is 0. The van der Waals surface area contributed by atoms with Crippen LogP contribution in [-0.2, 0) is 13.9 Å². The minimum atomic E-state index is -4.55. The van der Waals surface area contributed by atoms with Crippen LogP contribution in [0.4, 0.5) is 0 Å². The maximum absolute atomic E-state index is 9.90. The second-order valence-electron chi connectivity index (χ2n) is 1.49. The van der Waals surface area contributed by atoms with E-state index in [2.05, 4.69) is 4.52 Å². The molecule has 7 heteroatoms. The van der Waals surface area contributed by atoms with Crippen molar-refractivity contribution in [2.75, 3.05) is 6.61 Å². The van der Waals surface area contributed by atoms with Crippen molar-refractivity contribution in [2.45, 2.75) is 6.10 Å². The molecule has 0 aromatic carbocycles. The number of carbonyl (C=O) groups is 1. The Labute approximate surface area is 56.7 Å². The van der Waals surface area contributed by atoms with E-state index in [1.807, 2.05) is 0 Å². The molecule has 3 N–H and O–H groups in total. The SMILES string of the molecule is O=[13CH]C(O)COP(=O)(O)O. The lowest BCUT2D eigenvalue weighted by Gasteiger charge is -2.04. The van der Waals surface area contributed by atoms with Crippen molar-refractivity contribution >= 4 is 14.1 Å². The van der Waals surface area contributed by atoms with E-state index in [9.17, 15) is 9.36 Å². The fourth-order valence-corrected chi connectivity index (χ4v) is 0.560. The molecule has 10 heavy (non-hydrogen) atoms. The van der Waals surface area contributed by atoms with E-state index in [1.165, 1.54) is 0 Å². The molecule has 1 atom stereocenters. The molecule has 0 amide bonds. The van der Waals surface area contributed by atoms with Gasteiger partial charge in [-0.15, -0.1) is 0 Å². The number of phosphoric acid groups is 1. The van der Waals surface area contributed by atoms with E-state index >= 15 is 0 Å². The smallest absolute Gasteiger partial charge is 0.383 e. The third-order valence-corrected chi connectivity index (χ3v) is 1.06. The Balaban J connectivity index is 3.55. The van der Waals surface area contributed by atoms with Crippen LogP contribution in [0.25, 0.3) is 0 Å². The summed E-state index contributed by atoms with van der Waals surface area (Å²) in [6.45, 7) is -0.687. The number of hydrogen-bond donors (Lipinski definition) is 3. The fourth-order valence-electron chi connectivity index (χ4n) is 0.213. The minimum Gasteiger partial charge on any atom is -0.383 e. The summed E-state index contributed by atoms with van der Waals surface area (Å²) in [5.41, 5.74) is 0. The highest BCUT2D eigenvalue weighted by atomic mass is 31.2. The summed E-state index contributed by atoms with van der Waals surface area (Å²) < 4.78 is 13.7. The molecule has 0 saturated carbocycles. The third kappa shape index (κ3) is 5.87. The van der Waals surface area contributed by atoms with E-state index in [0.29, 0.717) is 0 Å². The number of phosphoric ester groups is 1. The number of aldehydes is 1. The molecule has 1 unspecified atom stereocenters. The first-order valence-electron chi connectivity index (χ1n) is 2.29. The van der Waals surface area contributed by atoms with Gasteiger partial charge in [-0.2, -0.15) is 0 Å². The van der Waals surface area contributed by atoms with Crippen LogP contribution in [0.2, 0.25) is 0 Å². The first-order chi connectivity index (χ1) is 4.45. The zero-order valence-electron chi connectivity index (χ0n) is 4.88. The van der Waals surface area contributed by atoms with Crippen LogP contribution in [0.5, 0.6) is 0 Å². The van der Waals surface area contributed by atoms with Gasteiger partial charge in [0.25, 0.3) is 0 Å². The monoisotopic (exact) mass is 171 g/mol. The summed E-state index contributed by atoms with van der Waals surface area (Å²) in [5.74, 6) is 0. The maximum atomic E-state index is 9.90. The maximum Gasteiger partial charge on any atom is 0.469 e. The average molecular weight is 171 g/mol. The molecule has 0 radical (unpaired) electrons. The van der Waals surface area contributed by atoms with Crippen LogP contribution < -0.4 is 0 Å². The summed E-state index contributed by atoms with van der Waals surface area (Å²) in [6.07, 6.45) is -1.36. The molecule has 0 aliphatic carbocycles. The fraction of sp³-hybridized carbons (Fsp3) is 0.667. The second-order valence-corrected chi connectivity index (χ2v) is 2.73. The van der Waals surface area contributed by atoms with E-state index in [0.717, 1.165) is 0 Å². The number of hydrogen-bond acceptors (Lipinski definition) is 4. The molecule has 0 aromatic rings. The molecule has 0 spiro atoms. The van der Waals surface area contributed by atoms with Gasteiger partial charge in [0, 0.05) is 0 Å². The van der Waals surface area contributed by atoms with Gasteiger partial charge in [-0.3, -0.25) is 4.52 Å². The van der Waals surface area contributed by atoms with Crippen molar-refractivity contribution < 1.29 is 28.8 Å². The lowest BCUT2D eigenvalue weighted by atomic mass is 10.6. The predicted molar refractivity (Wildman–Crippen MR) is 30.1 cm³/mol. The molecule has 0 saturated heterocycles. The van der Waals surface area contributed by atoms with Gasteiger partial charge in [0.2, 0.25) is 0 Å². The topological polar surface area (TPSA) is 104 Å². The van der Waals surface area contributed by atoms with E-state index in [-0.39, 0.29) is 6.29 Å². The Morgan fingerprint density at radius 3 is 2.40 bits per heavy atom. The third-order valence-electron chi connectivity index (χ3n) is 0.571. The van der Waals surface area contributed by atoms with Gasteiger partial charge < -0.3 is 19.7 Å². The van der Waals surface area contributed by atoms with Crippen molar-refractivity contribution in [1.29, 1.82) is 0 Å². The first kappa shape index (κ1) is 9.74. The lowest BCUT2D eigenvalue weighted by Crippen LogP contribution is -2.15. The van der Waals surface area contributed by atoms with Crippen LogP contribution in [0.1, 0.15) is 0 Å². The highest BCUT2D eigenvalue weighted by molar-refractivity contribution is 7.46. The lowest BCUT2D eigenvalue weighted by molar-refractivity contribution is -0.116. The Morgan fingerprint density at radius 2 is 2.10 bits per heavy atom. The standard InChI is InChI=1S/C3H7O6P/c4-1-3(5)2-9-10(6,7)8/h1,3,5H,2H2,(H2,6,7,8)/i1+1. The van der Waals surface area contributed by atoms with Crippen LogP contribution in [0.15, 0.2) is 0 Å². The number of aliphatic hydroxyl groups is 1. The Morgan fingerprint density at radius 1 is 1.60 bits per heavy atom. The molecule has 60 valence electrons. The second kappa shape index (κ2) is 3.80. The normalized spacial score (nSPS) is 14.7. The van der Waals surface area contributed by atoms with Crippen molar-refractivity contribution in [2.24, 2.45) is 0 Å². The molecule has 0 heterocycles. The van der Waals surface area contributed by atoms with Crippen LogP contribution in [0, 0.1) is 0 Å².